The fraction of sp³-hybridized carbons (Fsp3) is 1.00. The molecule has 3 rings (SSSR count). The molecule has 1 N–H and O–H groups in total. The predicted molar refractivity (Wildman–Crippen MR) is 85.1 cm³/mol. The summed E-state index contributed by atoms with van der Waals surface area (Å²) in [5.74, 6) is 0.968. The lowest BCUT2D eigenvalue weighted by atomic mass is 9.80. The summed E-state index contributed by atoms with van der Waals surface area (Å²) in [5.41, 5.74) is 0. The van der Waals surface area contributed by atoms with E-state index in [2.05, 4.69) is 29.1 Å². The van der Waals surface area contributed by atoms with Crippen LogP contribution in [-0.2, 0) is 0 Å². The lowest BCUT2D eigenvalue weighted by molar-refractivity contribution is 0.111. The van der Waals surface area contributed by atoms with Crippen LogP contribution in [0, 0.1) is 5.92 Å². The Bertz CT molecular complexity index is 301. The maximum Gasteiger partial charge on any atom is 0.0252 e. The first-order chi connectivity index (χ1) is 9.81. The van der Waals surface area contributed by atoms with E-state index >= 15 is 0 Å². The topological polar surface area (TPSA) is 18.5 Å². The van der Waals surface area contributed by atoms with Crippen molar-refractivity contribution in [3.05, 3.63) is 0 Å². The van der Waals surface area contributed by atoms with Crippen molar-refractivity contribution in [2.24, 2.45) is 5.92 Å². The summed E-state index contributed by atoms with van der Waals surface area (Å²) in [6, 6.07) is 2.39. The summed E-state index contributed by atoms with van der Waals surface area (Å²) in [4.78, 5) is 5.58. The average molecular weight is 279 g/mol. The van der Waals surface area contributed by atoms with Crippen LogP contribution in [0.4, 0.5) is 0 Å². The van der Waals surface area contributed by atoms with Crippen LogP contribution in [0.5, 0.6) is 0 Å². The normalized spacial score (nSPS) is 40.5. The van der Waals surface area contributed by atoms with Crippen LogP contribution in [-0.4, -0.2) is 61.2 Å². The molecule has 0 aromatic rings. The van der Waals surface area contributed by atoms with Gasteiger partial charge in [-0.2, -0.15) is 0 Å². The minimum absolute atomic E-state index is 0.732. The molecule has 3 nitrogen and oxygen atoms in total. The summed E-state index contributed by atoms with van der Waals surface area (Å²) < 4.78 is 0. The predicted octanol–water partition coefficient (Wildman–Crippen LogP) is 2.32. The molecule has 1 aliphatic carbocycles. The van der Waals surface area contributed by atoms with Gasteiger partial charge in [-0.3, -0.25) is 9.80 Å². The highest BCUT2D eigenvalue weighted by atomic mass is 15.3. The summed E-state index contributed by atoms with van der Waals surface area (Å²) in [7, 11) is 2.16. The third-order valence-corrected chi connectivity index (χ3v) is 6.19. The second-order valence-electron chi connectivity index (χ2n) is 7.23. The molecule has 3 heteroatoms. The monoisotopic (exact) mass is 279 g/mol. The minimum Gasteiger partial charge on any atom is -0.315 e. The Labute approximate surface area is 125 Å². The van der Waals surface area contributed by atoms with Crippen LogP contribution in [0.15, 0.2) is 0 Å². The molecule has 0 spiro atoms. The van der Waals surface area contributed by atoms with Crippen LogP contribution in [0.25, 0.3) is 0 Å². The number of nitrogens with zero attached hydrogens (tertiary/aromatic N) is 2. The number of likely N-dealkylation sites (N-methyl/N-ethyl adjacent to an activating group) is 1. The van der Waals surface area contributed by atoms with Gasteiger partial charge < -0.3 is 5.32 Å². The largest absolute Gasteiger partial charge is 0.315 e. The van der Waals surface area contributed by atoms with E-state index in [9.17, 15) is 0 Å². The molecule has 0 aromatic heterocycles. The zero-order valence-corrected chi connectivity index (χ0v) is 13.5. The van der Waals surface area contributed by atoms with Crippen molar-refractivity contribution in [3.8, 4) is 0 Å². The quantitative estimate of drug-likeness (QED) is 0.852. The summed E-state index contributed by atoms with van der Waals surface area (Å²) >= 11 is 0. The van der Waals surface area contributed by atoms with Crippen molar-refractivity contribution in [1.29, 1.82) is 0 Å². The zero-order valence-electron chi connectivity index (χ0n) is 13.5. The van der Waals surface area contributed by atoms with Gasteiger partial charge in [-0.05, 0) is 64.6 Å². The molecular formula is C17H33N3. The van der Waals surface area contributed by atoms with E-state index in [0.29, 0.717) is 0 Å². The van der Waals surface area contributed by atoms with Gasteiger partial charge in [0.1, 0.15) is 0 Å². The van der Waals surface area contributed by atoms with Crippen molar-refractivity contribution < 1.29 is 0 Å². The number of likely N-dealkylation sites (tertiary alicyclic amines) is 2. The van der Waals surface area contributed by atoms with Crippen LogP contribution in [0.2, 0.25) is 0 Å². The molecule has 2 saturated heterocycles. The SMILES string of the molecule is CCC1CCC(NC)C(N2CCC(N3CCCC3)C2)C1. The number of hydrogen-bond acceptors (Lipinski definition) is 3. The van der Waals surface area contributed by atoms with E-state index in [1.165, 1.54) is 71.1 Å². The van der Waals surface area contributed by atoms with E-state index in [0.717, 1.165) is 24.0 Å². The first-order valence-corrected chi connectivity index (χ1v) is 8.97. The second kappa shape index (κ2) is 6.76. The third-order valence-electron chi connectivity index (χ3n) is 6.19. The molecule has 3 aliphatic rings. The fourth-order valence-electron chi connectivity index (χ4n) is 4.82. The fourth-order valence-corrected chi connectivity index (χ4v) is 4.82. The molecule has 0 aromatic carbocycles. The zero-order chi connectivity index (χ0) is 13.9. The maximum absolute atomic E-state index is 3.60. The molecule has 2 aliphatic heterocycles. The Morgan fingerprint density at radius 1 is 1.00 bits per heavy atom. The lowest BCUT2D eigenvalue weighted by Crippen LogP contribution is -2.52. The molecule has 20 heavy (non-hydrogen) atoms. The average Bonchev–Trinajstić information content (AvgIpc) is 3.17. The van der Waals surface area contributed by atoms with Gasteiger partial charge in [0.25, 0.3) is 0 Å². The van der Waals surface area contributed by atoms with Gasteiger partial charge in [0.15, 0.2) is 0 Å². The highest BCUT2D eigenvalue weighted by Crippen LogP contribution is 2.32. The van der Waals surface area contributed by atoms with Gasteiger partial charge >= 0.3 is 0 Å². The first-order valence-electron chi connectivity index (χ1n) is 8.97. The molecule has 3 fully saturated rings. The Morgan fingerprint density at radius 3 is 2.50 bits per heavy atom. The van der Waals surface area contributed by atoms with Crippen molar-refractivity contribution in [3.63, 3.8) is 0 Å². The van der Waals surface area contributed by atoms with E-state index in [4.69, 9.17) is 0 Å². The smallest absolute Gasteiger partial charge is 0.0252 e. The van der Waals surface area contributed by atoms with Crippen molar-refractivity contribution in [2.75, 3.05) is 33.2 Å². The van der Waals surface area contributed by atoms with E-state index in [1.807, 2.05) is 0 Å². The van der Waals surface area contributed by atoms with Gasteiger partial charge in [-0.25, -0.2) is 0 Å². The molecule has 2 heterocycles. The Hall–Kier alpha value is -0.120. The van der Waals surface area contributed by atoms with Crippen molar-refractivity contribution in [2.45, 2.75) is 70.0 Å². The third kappa shape index (κ3) is 3.05. The summed E-state index contributed by atoms with van der Waals surface area (Å²) in [6.45, 7) is 7.75. The molecule has 0 bridgehead atoms. The Kier molecular flexibility index (Phi) is 5.00. The first kappa shape index (κ1) is 14.8. The van der Waals surface area contributed by atoms with Crippen LogP contribution < -0.4 is 5.32 Å². The van der Waals surface area contributed by atoms with Gasteiger partial charge in [-0.15, -0.1) is 0 Å². The van der Waals surface area contributed by atoms with Crippen LogP contribution in [0.1, 0.15) is 51.9 Å². The van der Waals surface area contributed by atoms with Gasteiger partial charge in [0.05, 0.1) is 0 Å². The van der Waals surface area contributed by atoms with Gasteiger partial charge in [-0.1, -0.05) is 13.3 Å². The second-order valence-corrected chi connectivity index (χ2v) is 7.23. The summed E-state index contributed by atoms with van der Waals surface area (Å²) in [6.07, 6.45) is 9.87. The number of nitrogens with one attached hydrogen (secondary N) is 1. The molecule has 1 saturated carbocycles. The Morgan fingerprint density at radius 2 is 1.80 bits per heavy atom. The van der Waals surface area contributed by atoms with Crippen LogP contribution >= 0.6 is 0 Å². The standard InChI is InChI=1S/C17H33N3/c1-3-14-6-7-16(18-2)17(12-14)20-11-8-15(13-20)19-9-4-5-10-19/h14-18H,3-13H2,1-2H3. The minimum atomic E-state index is 0.732. The van der Waals surface area contributed by atoms with Crippen LogP contribution in [0.3, 0.4) is 0 Å². The molecule has 4 atom stereocenters. The summed E-state index contributed by atoms with van der Waals surface area (Å²) in [5, 5.41) is 3.60. The van der Waals surface area contributed by atoms with Crippen molar-refractivity contribution in [1.82, 2.24) is 15.1 Å². The number of rotatable bonds is 4. The van der Waals surface area contributed by atoms with Gasteiger partial charge in [0, 0.05) is 31.2 Å². The molecule has 116 valence electrons. The van der Waals surface area contributed by atoms with Gasteiger partial charge in [0.2, 0.25) is 0 Å². The highest BCUT2D eigenvalue weighted by Gasteiger charge is 2.38. The molecule has 4 unspecified atom stereocenters. The highest BCUT2D eigenvalue weighted by molar-refractivity contribution is 4.95. The van der Waals surface area contributed by atoms with E-state index < -0.39 is 0 Å². The lowest BCUT2D eigenvalue weighted by Gasteiger charge is -2.41. The molecule has 0 amide bonds. The Balaban J connectivity index is 1.59. The maximum atomic E-state index is 3.60. The van der Waals surface area contributed by atoms with E-state index in [-0.39, 0.29) is 0 Å². The number of hydrogen-bond donors (Lipinski definition) is 1. The molecule has 0 radical (unpaired) electrons. The molecular weight excluding hydrogens is 246 g/mol. The van der Waals surface area contributed by atoms with Crippen molar-refractivity contribution >= 4 is 0 Å². The van der Waals surface area contributed by atoms with E-state index in [1.54, 1.807) is 0 Å².